The number of urea groups is 1. The molecule has 9 heteroatoms. The van der Waals surface area contributed by atoms with E-state index in [4.69, 9.17) is 28.3 Å². The lowest BCUT2D eigenvalue weighted by Crippen LogP contribution is -2.40. The van der Waals surface area contributed by atoms with Gasteiger partial charge in [0.1, 0.15) is 6.54 Å². The Kier molecular flexibility index (Phi) is 6.08. The minimum atomic E-state index is -1.17. The van der Waals surface area contributed by atoms with Crippen molar-refractivity contribution in [3.63, 3.8) is 0 Å². The summed E-state index contributed by atoms with van der Waals surface area (Å²) in [4.78, 5) is 32.9. The predicted molar refractivity (Wildman–Crippen MR) is 74.1 cm³/mol. The second kappa shape index (κ2) is 7.56. The van der Waals surface area contributed by atoms with E-state index in [0.29, 0.717) is 5.69 Å². The molecule has 20 heavy (non-hydrogen) atoms. The second-order valence-corrected chi connectivity index (χ2v) is 4.36. The molecule has 0 spiro atoms. The molecule has 0 bridgehead atoms. The lowest BCUT2D eigenvalue weighted by Gasteiger charge is -2.09. The third kappa shape index (κ3) is 5.33. The molecule has 0 aliphatic carbocycles. The van der Waals surface area contributed by atoms with Crippen molar-refractivity contribution in [1.29, 1.82) is 0 Å². The molecule has 4 N–H and O–H groups in total. The van der Waals surface area contributed by atoms with Gasteiger partial charge in [-0.3, -0.25) is 9.59 Å². The Bertz CT molecular complexity index is 536. The molecule has 0 aromatic heterocycles. The number of halogens is 2. The summed E-state index contributed by atoms with van der Waals surface area (Å²) < 4.78 is 0. The van der Waals surface area contributed by atoms with Gasteiger partial charge in [0.15, 0.2) is 0 Å². The number of hydrogen-bond acceptors (Lipinski definition) is 3. The van der Waals surface area contributed by atoms with E-state index >= 15 is 0 Å². The van der Waals surface area contributed by atoms with Crippen LogP contribution >= 0.6 is 23.2 Å². The number of carboxylic acids is 1. The largest absolute Gasteiger partial charge is 0.480 e. The number of benzene rings is 1. The summed E-state index contributed by atoms with van der Waals surface area (Å²) in [7, 11) is 0. The predicted octanol–water partition coefficient (Wildman–Crippen LogP) is 1.32. The first-order valence-corrected chi connectivity index (χ1v) is 6.13. The van der Waals surface area contributed by atoms with Crippen LogP contribution in [0, 0.1) is 0 Å². The first-order chi connectivity index (χ1) is 9.40. The summed E-state index contributed by atoms with van der Waals surface area (Å²) in [5.74, 6) is -1.80. The summed E-state index contributed by atoms with van der Waals surface area (Å²) in [5, 5.41) is 15.6. The fourth-order valence-electron chi connectivity index (χ4n) is 1.16. The van der Waals surface area contributed by atoms with Crippen LogP contribution in [0.1, 0.15) is 0 Å². The second-order valence-electron chi connectivity index (χ2n) is 3.58. The van der Waals surface area contributed by atoms with Gasteiger partial charge in [0.2, 0.25) is 5.91 Å². The van der Waals surface area contributed by atoms with Crippen LogP contribution in [0.4, 0.5) is 10.5 Å². The van der Waals surface area contributed by atoms with E-state index in [-0.39, 0.29) is 16.6 Å². The fraction of sp³-hybridized carbons (Fsp3) is 0.182. The molecule has 7 nitrogen and oxygen atoms in total. The van der Waals surface area contributed by atoms with Crippen molar-refractivity contribution in [1.82, 2.24) is 10.6 Å². The van der Waals surface area contributed by atoms with Crippen LogP contribution in [0.15, 0.2) is 18.2 Å². The number of nitrogens with one attached hydrogen (secondary N) is 3. The van der Waals surface area contributed by atoms with E-state index in [1.807, 2.05) is 0 Å². The number of rotatable bonds is 5. The smallest absolute Gasteiger partial charge is 0.322 e. The molecule has 0 unspecified atom stereocenters. The zero-order valence-corrected chi connectivity index (χ0v) is 11.6. The maximum Gasteiger partial charge on any atom is 0.322 e. The van der Waals surface area contributed by atoms with E-state index in [1.165, 1.54) is 6.07 Å². The Labute approximate surface area is 124 Å². The summed E-state index contributed by atoms with van der Waals surface area (Å²) in [6.45, 7) is -0.875. The van der Waals surface area contributed by atoms with Crippen LogP contribution in [-0.2, 0) is 9.59 Å². The highest BCUT2D eigenvalue weighted by molar-refractivity contribution is 6.43. The average molecular weight is 320 g/mol. The van der Waals surface area contributed by atoms with Crippen molar-refractivity contribution in [2.75, 3.05) is 18.4 Å². The lowest BCUT2D eigenvalue weighted by molar-refractivity contribution is -0.137. The molecule has 3 amide bonds. The van der Waals surface area contributed by atoms with Gasteiger partial charge in [0.05, 0.1) is 22.3 Å². The molecule has 0 saturated heterocycles. The summed E-state index contributed by atoms with van der Waals surface area (Å²) in [6.07, 6.45) is 0. The zero-order chi connectivity index (χ0) is 15.1. The Morgan fingerprint density at radius 2 is 1.80 bits per heavy atom. The highest BCUT2D eigenvalue weighted by Crippen LogP contribution is 2.29. The summed E-state index contributed by atoms with van der Waals surface area (Å²) >= 11 is 11.6. The third-order valence-corrected chi connectivity index (χ3v) is 2.86. The van der Waals surface area contributed by atoms with Gasteiger partial charge < -0.3 is 21.1 Å². The first-order valence-electron chi connectivity index (χ1n) is 5.37. The van der Waals surface area contributed by atoms with Gasteiger partial charge >= 0.3 is 12.0 Å². The van der Waals surface area contributed by atoms with Crippen molar-refractivity contribution in [3.8, 4) is 0 Å². The number of aliphatic carboxylic acids is 1. The van der Waals surface area contributed by atoms with Gasteiger partial charge in [0, 0.05) is 0 Å². The molecule has 1 rings (SSSR count). The molecular formula is C11H11Cl2N3O4. The standard InChI is InChI=1S/C11H11Cl2N3O4/c12-6-2-1-3-7(10(6)13)16-11(20)15-4-8(17)14-5-9(18)19/h1-3H,4-5H2,(H,14,17)(H,18,19)(H2,15,16,20). The van der Waals surface area contributed by atoms with Gasteiger partial charge in [-0.15, -0.1) is 0 Å². The van der Waals surface area contributed by atoms with Gasteiger partial charge in [0.25, 0.3) is 0 Å². The van der Waals surface area contributed by atoms with Crippen molar-refractivity contribution in [2.24, 2.45) is 0 Å². The Hall–Kier alpha value is -1.99. The van der Waals surface area contributed by atoms with Gasteiger partial charge in [-0.05, 0) is 12.1 Å². The van der Waals surface area contributed by atoms with E-state index in [1.54, 1.807) is 12.1 Å². The third-order valence-electron chi connectivity index (χ3n) is 2.05. The van der Waals surface area contributed by atoms with Crippen molar-refractivity contribution in [2.45, 2.75) is 0 Å². The number of anilines is 1. The molecule has 0 aliphatic heterocycles. The molecule has 108 valence electrons. The summed E-state index contributed by atoms with van der Waals surface area (Å²) in [5.41, 5.74) is 0.294. The van der Waals surface area contributed by atoms with Crippen LogP contribution in [0.25, 0.3) is 0 Å². The quantitative estimate of drug-likeness (QED) is 0.656. The van der Waals surface area contributed by atoms with Crippen LogP contribution in [-0.4, -0.2) is 36.1 Å². The molecule has 1 aromatic carbocycles. The average Bonchev–Trinajstić information content (AvgIpc) is 2.39. The van der Waals surface area contributed by atoms with Crippen LogP contribution in [0.3, 0.4) is 0 Å². The van der Waals surface area contributed by atoms with Gasteiger partial charge in [-0.25, -0.2) is 4.79 Å². The van der Waals surface area contributed by atoms with Crippen molar-refractivity contribution >= 4 is 46.8 Å². The SMILES string of the molecule is O=C(O)CNC(=O)CNC(=O)Nc1cccc(Cl)c1Cl. The lowest BCUT2D eigenvalue weighted by atomic mass is 10.3. The first kappa shape index (κ1) is 16.1. The Morgan fingerprint density at radius 3 is 2.45 bits per heavy atom. The van der Waals surface area contributed by atoms with Gasteiger partial charge in [-0.1, -0.05) is 29.3 Å². The number of carbonyl (C=O) groups excluding carboxylic acids is 2. The highest BCUT2D eigenvalue weighted by Gasteiger charge is 2.09. The minimum Gasteiger partial charge on any atom is -0.480 e. The van der Waals surface area contributed by atoms with Crippen LogP contribution < -0.4 is 16.0 Å². The molecule has 0 fully saturated rings. The Balaban J connectivity index is 2.42. The molecule has 1 aromatic rings. The molecule has 0 saturated carbocycles. The molecule has 0 aliphatic rings. The van der Waals surface area contributed by atoms with E-state index in [9.17, 15) is 14.4 Å². The molecule has 0 radical (unpaired) electrons. The van der Waals surface area contributed by atoms with Crippen LogP contribution in [0.2, 0.25) is 10.0 Å². The van der Waals surface area contributed by atoms with E-state index < -0.39 is 24.5 Å². The van der Waals surface area contributed by atoms with E-state index in [2.05, 4.69) is 16.0 Å². The fourth-order valence-corrected chi connectivity index (χ4v) is 1.51. The topological polar surface area (TPSA) is 108 Å². The van der Waals surface area contributed by atoms with Crippen LogP contribution in [0.5, 0.6) is 0 Å². The number of carboxylic acid groups (broad SMARTS) is 1. The van der Waals surface area contributed by atoms with E-state index in [0.717, 1.165) is 0 Å². The number of hydrogen-bond donors (Lipinski definition) is 4. The maximum absolute atomic E-state index is 11.5. The monoisotopic (exact) mass is 319 g/mol. The summed E-state index contributed by atoms with van der Waals surface area (Å²) in [6, 6.07) is 4.04. The highest BCUT2D eigenvalue weighted by atomic mass is 35.5. The van der Waals surface area contributed by atoms with Gasteiger partial charge in [-0.2, -0.15) is 0 Å². The van der Waals surface area contributed by atoms with Crippen molar-refractivity contribution < 1.29 is 19.5 Å². The maximum atomic E-state index is 11.5. The molecule has 0 atom stereocenters. The van der Waals surface area contributed by atoms with Crippen molar-refractivity contribution in [3.05, 3.63) is 28.2 Å². The normalized spacial score (nSPS) is 9.70. The number of carbonyl (C=O) groups is 3. The Morgan fingerprint density at radius 1 is 1.10 bits per heavy atom. The number of amides is 3. The molecular weight excluding hydrogens is 309 g/mol. The zero-order valence-electron chi connectivity index (χ0n) is 10.1. The molecule has 0 heterocycles. The minimum absolute atomic E-state index is 0.180.